The van der Waals surface area contributed by atoms with Gasteiger partial charge in [-0.05, 0) is 13.8 Å². The van der Waals surface area contributed by atoms with Crippen molar-refractivity contribution in [1.29, 1.82) is 0 Å². The Kier molecular flexibility index (Phi) is 3.49. The maximum atomic E-state index is 11.9. The van der Waals surface area contributed by atoms with Gasteiger partial charge in [-0.15, -0.1) is 0 Å². The first kappa shape index (κ1) is 11.3. The van der Waals surface area contributed by atoms with Crippen LogP contribution in [0.5, 0.6) is 0 Å². The minimum atomic E-state index is -0.143. The Morgan fingerprint density at radius 3 is 2.80 bits per heavy atom. The molecular weight excluding hydrogens is 192 g/mol. The van der Waals surface area contributed by atoms with E-state index in [4.69, 9.17) is 5.73 Å². The summed E-state index contributed by atoms with van der Waals surface area (Å²) in [5.41, 5.74) is 7.26. The van der Waals surface area contributed by atoms with E-state index in [9.17, 15) is 4.79 Å². The molecule has 0 aliphatic heterocycles. The van der Waals surface area contributed by atoms with Gasteiger partial charge in [0.05, 0.1) is 11.9 Å². The van der Waals surface area contributed by atoms with Gasteiger partial charge in [0.25, 0.3) is 5.91 Å². The van der Waals surface area contributed by atoms with Crippen LogP contribution < -0.4 is 5.73 Å². The molecule has 0 saturated carbocycles. The van der Waals surface area contributed by atoms with E-state index in [1.54, 1.807) is 4.90 Å². The summed E-state index contributed by atoms with van der Waals surface area (Å²) in [5, 5.41) is 6.32. The van der Waals surface area contributed by atoms with Crippen LogP contribution in [-0.2, 0) is 0 Å². The number of nitrogens with two attached hydrogens (primary N) is 1. The number of nitrogens with zero attached hydrogens (tertiary/aromatic N) is 2. The van der Waals surface area contributed by atoms with Gasteiger partial charge in [-0.3, -0.25) is 9.89 Å². The molecule has 1 heterocycles. The lowest BCUT2D eigenvalue weighted by Crippen LogP contribution is -2.32. The lowest BCUT2D eigenvalue weighted by atomic mass is 10.2. The molecule has 5 heteroatoms. The Morgan fingerprint density at radius 2 is 2.40 bits per heavy atom. The quantitative estimate of drug-likeness (QED) is 0.726. The maximum Gasteiger partial charge on any atom is 0.274 e. The van der Waals surface area contributed by atoms with E-state index in [-0.39, 0.29) is 5.91 Å². The summed E-state index contributed by atoms with van der Waals surface area (Å²) in [5.74, 6) is -0.143. The Balaban J connectivity index is 2.82. The highest BCUT2D eigenvalue weighted by atomic mass is 16.2. The van der Waals surface area contributed by atoms with Crippen molar-refractivity contribution in [1.82, 2.24) is 15.1 Å². The topological polar surface area (TPSA) is 75.0 Å². The van der Waals surface area contributed by atoms with Crippen LogP contribution in [0.4, 0.5) is 5.69 Å². The number of hydrogen-bond donors (Lipinski definition) is 2. The third-order valence-corrected chi connectivity index (χ3v) is 2.01. The minimum absolute atomic E-state index is 0.143. The monoisotopic (exact) mass is 208 g/mol. The number of aromatic amines is 1. The van der Waals surface area contributed by atoms with Crippen LogP contribution in [0.1, 0.15) is 24.3 Å². The molecule has 3 N–H and O–H groups in total. The van der Waals surface area contributed by atoms with Gasteiger partial charge in [0, 0.05) is 13.1 Å². The molecule has 0 saturated heterocycles. The number of H-pyrrole nitrogens is 1. The van der Waals surface area contributed by atoms with Crippen molar-refractivity contribution in [3.05, 3.63) is 24.0 Å². The summed E-state index contributed by atoms with van der Waals surface area (Å²) < 4.78 is 0. The maximum absolute atomic E-state index is 11.9. The molecule has 1 aromatic heterocycles. The molecule has 0 aliphatic carbocycles. The van der Waals surface area contributed by atoms with Crippen molar-refractivity contribution < 1.29 is 4.79 Å². The SMILES string of the molecule is C=C(C)CN(CC)C(=O)c1[nH]ncc1N. The largest absolute Gasteiger partial charge is 0.396 e. The standard InChI is InChI=1S/C10H16N4O/c1-4-14(6-7(2)3)10(15)9-8(11)5-12-13-9/h5H,2,4,6,11H2,1,3H3,(H,12,13). The third kappa shape index (κ3) is 2.59. The molecule has 0 atom stereocenters. The number of anilines is 1. The molecule has 0 aliphatic rings. The summed E-state index contributed by atoms with van der Waals surface area (Å²) in [6.07, 6.45) is 1.43. The lowest BCUT2D eigenvalue weighted by molar-refractivity contribution is 0.0773. The van der Waals surface area contributed by atoms with Crippen molar-refractivity contribution in [2.45, 2.75) is 13.8 Å². The highest BCUT2D eigenvalue weighted by Crippen LogP contribution is 2.10. The molecule has 0 spiro atoms. The number of aromatic nitrogens is 2. The molecule has 82 valence electrons. The van der Waals surface area contributed by atoms with E-state index in [0.717, 1.165) is 5.57 Å². The van der Waals surface area contributed by atoms with E-state index in [2.05, 4.69) is 16.8 Å². The highest BCUT2D eigenvalue weighted by Gasteiger charge is 2.18. The van der Waals surface area contributed by atoms with Crippen LogP contribution in [0.15, 0.2) is 18.3 Å². The predicted octanol–water partition coefficient (Wildman–Crippen LogP) is 1.03. The van der Waals surface area contributed by atoms with Gasteiger partial charge >= 0.3 is 0 Å². The lowest BCUT2D eigenvalue weighted by Gasteiger charge is -2.20. The number of rotatable bonds is 4. The van der Waals surface area contributed by atoms with Gasteiger partial charge in [-0.25, -0.2) is 0 Å². The molecule has 0 aromatic carbocycles. The van der Waals surface area contributed by atoms with E-state index in [1.807, 2.05) is 13.8 Å². The number of likely N-dealkylation sites (N-methyl/N-ethyl adjacent to an activating group) is 1. The molecule has 0 unspecified atom stereocenters. The summed E-state index contributed by atoms with van der Waals surface area (Å²) in [6.45, 7) is 8.72. The first-order chi connectivity index (χ1) is 7.06. The average Bonchev–Trinajstić information content (AvgIpc) is 2.59. The van der Waals surface area contributed by atoms with E-state index in [0.29, 0.717) is 24.5 Å². The Hall–Kier alpha value is -1.78. The van der Waals surface area contributed by atoms with Crippen LogP contribution >= 0.6 is 0 Å². The zero-order valence-corrected chi connectivity index (χ0v) is 9.08. The molecule has 0 fully saturated rings. The zero-order valence-electron chi connectivity index (χ0n) is 9.08. The molecule has 1 amide bonds. The van der Waals surface area contributed by atoms with E-state index >= 15 is 0 Å². The smallest absolute Gasteiger partial charge is 0.274 e. The molecular formula is C10H16N4O. The summed E-state index contributed by atoms with van der Waals surface area (Å²) in [6, 6.07) is 0. The molecule has 5 nitrogen and oxygen atoms in total. The van der Waals surface area contributed by atoms with Crippen molar-refractivity contribution in [3.8, 4) is 0 Å². The number of hydrogen-bond acceptors (Lipinski definition) is 3. The van der Waals surface area contributed by atoms with Gasteiger partial charge in [0.2, 0.25) is 0 Å². The second-order valence-electron chi connectivity index (χ2n) is 3.48. The van der Waals surface area contributed by atoms with Crippen LogP contribution in [0.25, 0.3) is 0 Å². The van der Waals surface area contributed by atoms with Crippen molar-refractivity contribution in [3.63, 3.8) is 0 Å². The summed E-state index contributed by atoms with van der Waals surface area (Å²) in [4.78, 5) is 13.6. The average molecular weight is 208 g/mol. The third-order valence-electron chi connectivity index (χ3n) is 2.01. The minimum Gasteiger partial charge on any atom is -0.396 e. The van der Waals surface area contributed by atoms with Gasteiger partial charge in [-0.2, -0.15) is 5.10 Å². The Morgan fingerprint density at radius 1 is 1.73 bits per heavy atom. The number of carbonyl (C=O) groups is 1. The van der Waals surface area contributed by atoms with E-state index < -0.39 is 0 Å². The van der Waals surface area contributed by atoms with Crippen LogP contribution in [-0.4, -0.2) is 34.1 Å². The fraction of sp³-hybridized carbons (Fsp3) is 0.400. The molecule has 15 heavy (non-hydrogen) atoms. The fourth-order valence-corrected chi connectivity index (χ4v) is 1.28. The first-order valence-corrected chi connectivity index (χ1v) is 4.78. The van der Waals surface area contributed by atoms with Crippen LogP contribution in [0.3, 0.4) is 0 Å². The van der Waals surface area contributed by atoms with Crippen LogP contribution in [0, 0.1) is 0 Å². The molecule has 0 radical (unpaired) electrons. The Labute approximate surface area is 89.0 Å². The zero-order chi connectivity index (χ0) is 11.4. The summed E-state index contributed by atoms with van der Waals surface area (Å²) in [7, 11) is 0. The van der Waals surface area contributed by atoms with Gasteiger partial charge < -0.3 is 10.6 Å². The highest BCUT2D eigenvalue weighted by molar-refractivity contribution is 5.97. The predicted molar refractivity (Wildman–Crippen MR) is 59.4 cm³/mol. The molecule has 1 rings (SSSR count). The van der Waals surface area contributed by atoms with Crippen molar-refractivity contribution in [2.24, 2.45) is 0 Å². The second kappa shape index (κ2) is 4.63. The fourth-order valence-electron chi connectivity index (χ4n) is 1.28. The number of carbonyl (C=O) groups excluding carboxylic acids is 1. The van der Waals surface area contributed by atoms with Crippen molar-refractivity contribution >= 4 is 11.6 Å². The van der Waals surface area contributed by atoms with Gasteiger partial charge in [0.1, 0.15) is 5.69 Å². The number of amides is 1. The molecule has 0 bridgehead atoms. The van der Waals surface area contributed by atoms with Gasteiger partial charge in [-0.1, -0.05) is 12.2 Å². The van der Waals surface area contributed by atoms with E-state index in [1.165, 1.54) is 6.20 Å². The number of nitrogens with one attached hydrogen (secondary N) is 1. The number of nitrogen functional groups attached to an aromatic ring is 1. The first-order valence-electron chi connectivity index (χ1n) is 4.78. The Bertz CT molecular complexity index is 369. The van der Waals surface area contributed by atoms with Crippen molar-refractivity contribution in [2.75, 3.05) is 18.8 Å². The van der Waals surface area contributed by atoms with Crippen LogP contribution in [0.2, 0.25) is 0 Å². The summed E-state index contributed by atoms with van der Waals surface area (Å²) >= 11 is 0. The normalized spacial score (nSPS) is 10.0. The second-order valence-corrected chi connectivity index (χ2v) is 3.48. The van der Waals surface area contributed by atoms with Gasteiger partial charge in [0.15, 0.2) is 0 Å². The molecule has 1 aromatic rings.